The number of aryl methyl sites for hydroxylation is 1. The molecule has 1 aliphatic rings. The lowest BCUT2D eigenvalue weighted by atomic mass is 9.94. The molecule has 1 aromatic carbocycles. The molecule has 0 aliphatic carbocycles. The van der Waals surface area contributed by atoms with Crippen LogP contribution in [0.1, 0.15) is 40.5 Å². The van der Waals surface area contributed by atoms with Crippen LogP contribution in [0.4, 0.5) is 0 Å². The van der Waals surface area contributed by atoms with Crippen LogP contribution in [0.25, 0.3) is 11.5 Å². The number of rotatable bonds is 3. The molecule has 1 aliphatic heterocycles. The first-order chi connectivity index (χ1) is 12.7. The first kappa shape index (κ1) is 16.4. The van der Waals surface area contributed by atoms with Crippen molar-refractivity contribution < 1.29 is 4.79 Å². The van der Waals surface area contributed by atoms with E-state index in [-0.39, 0.29) is 11.8 Å². The highest BCUT2D eigenvalue weighted by molar-refractivity contribution is 5.94. The van der Waals surface area contributed by atoms with E-state index in [4.69, 9.17) is 4.98 Å². The molecule has 1 N–H and O–H groups in total. The summed E-state index contributed by atoms with van der Waals surface area (Å²) in [5, 5.41) is 0. The van der Waals surface area contributed by atoms with Crippen molar-refractivity contribution in [2.75, 3.05) is 13.1 Å². The Morgan fingerprint density at radius 1 is 1.19 bits per heavy atom. The fraction of sp³-hybridized carbons (Fsp3) is 0.300. The van der Waals surface area contributed by atoms with Crippen molar-refractivity contribution in [3.05, 3.63) is 65.9 Å². The van der Waals surface area contributed by atoms with Crippen LogP contribution >= 0.6 is 0 Å². The number of nitrogens with zero attached hydrogens (tertiary/aromatic N) is 4. The molecule has 0 spiro atoms. The molecule has 1 fully saturated rings. The standard InChI is InChI=1S/C20H21N5O/c1-14-10-22-19(23-14)18-12-21-11-17(24-18)16-8-5-9-25(13-16)20(26)15-6-3-2-4-7-15/h2-4,6-7,10-12,16H,5,8-9,13H2,1H3,(H,22,23)/t16-/m1/s1. The van der Waals surface area contributed by atoms with Gasteiger partial charge in [-0.05, 0) is 31.9 Å². The minimum absolute atomic E-state index is 0.0843. The topological polar surface area (TPSA) is 74.8 Å². The molecule has 1 atom stereocenters. The van der Waals surface area contributed by atoms with Crippen LogP contribution < -0.4 is 0 Å². The highest BCUT2D eigenvalue weighted by atomic mass is 16.2. The summed E-state index contributed by atoms with van der Waals surface area (Å²) in [4.78, 5) is 31.3. The molecule has 3 heterocycles. The zero-order chi connectivity index (χ0) is 17.9. The number of nitrogens with one attached hydrogen (secondary N) is 1. The maximum Gasteiger partial charge on any atom is 0.253 e. The summed E-state index contributed by atoms with van der Waals surface area (Å²) in [6.07, 6.45) is 7.28. The molecule has 6 heteroatoms. The summed E-state index contributed by atoms with van der Waals surface area (Å²) >= 11 is 0. The van der Waals surface area contributed by atoms with Gasteiger partial charge in [-0.1, -0.05) is 18.2 Å². The minimum atomic E-state index is 0.0843. The van der Waals surface area contributed by atoms with Gasteiger partial charge in [0.1, 0.15) is 5.69 Å². The van der Waals surface area contributed by atoms with E-state index >= 15 is 0 Å². The van der Waals surface area contributed by atoms with E-state index in [9.17, 15) is 4.79 Å². The van der Waals surface area contributed by atoms with E-state index in [1.165, 1.54) is 0 Å². The van der Waals surface area contributed by atoms with Crippen LogP contribution in [0.15, 0.2) is 48.9 Å². The van der Waals surface area contributed by atoms with Crippen molar-refractivity contribution in [2.24, 2.45) is 0 Å². The van der Waals surface area contributed by atoms with Crippen LogP contribution in [-0.4, -0.2) is 43.8 Å². The number of amides is 1. The summed E-state index contributed by atoms with van der Waals surface area (Å²) in [6, 6.07) is 9.45. The van der Waals surface area contributed by atoms with Crippen LogP contribution in [0.5, 0.6) is 0 Å². The summed E-state index contributed by atoms with van der Waals surface area (Å²) in [5.74, 6) is 1.01. The summed E-state index contributed by atoms with van der Waals surface area (Å²) in [5.41, 5.74) is 3.38. The lowest BCUT2D eigenvalue weighted by Crippen LogP contribution is -2.39. The molecular weight excluding hydrogens is 326 g/mol. The highest BCUT2D eigenvalue weighted by Crippen LogP contribution is 2.27. The molecule has 1 saturated heterocycles. The molecule has 132 valence electrons. The molecule has 26 heavy (non-hydrogen) atoms. The molecule has 0 radical (unpaired) electrons. The number of benzene rings is 1. The number of carbonyl (C=O) groups excluding carboxylic acids is 1. The fourth-order valence-electron chi connectivity index (χ4n) is 3.40. The van der Waals surface area contributed by atoms with E-state index in [1.807, 2.05) is 42.2 Å². The molecule has 0 saturated carbocycles. The van der Waals surface area contributed by atoms with Gasteiger partial charge in [0.15, 0.2) is 5.82 Å². The van der Waals surface area contributed by atoms with E-state index in [1.54, 1.807) is 18.6 Å². The number of piperidine rings is 1. The average molecular weight is 347 g/mol. The van der Waals surface area contributed by atoms with Crippen molar-refractivity contribution >= 4 is 5.91 Å². The van der Waals surface area contributed by atoms with Gasteiger partial charge >= 0.3 is 0 Å². The Morgan fingerprint density at radius 3 is 2.81 bits per heavy atom. The third-order valence-electron chi connectivity index (χ3n) is 4.75. The van der Waals surface area contributed by atoms with Gasteiger partial charge in [0.05, 0.1) is 11.9 Å². The Kier molecular flexibility index (Phi) is 4.48. The lowest BCUT2D eigenvalue weighted by Gasteiger charge is -2.32. The second-order valence-corrected chi connectivity index (χ2v) is 6.70. The van der Waals surface area contributed by atoms with Crippen molar-refractivity contribution in [2.45, 2.75) is 25.7 Å². The maximum atomic E-state index is 12.7. The zero-order valence-corrected chi connectivity index (χ0v) is 14.7. The highest BCUT2D eigenvalue weighted by Gasteiger charge is 2.26. The number of aromatic amines is 1. The number of likely N-dealkylation sites (tertiary alicyclic amines) is 1. The van der Waals surface area contributed by atoms with Gasteiger partial charge in [0.25, 0.3) is 5.91 Å². The summed E-state index contributed by atoms with van der Waals surface area (Å²) in [6.45, 7) is 3.42. The van der Waals surface area contributed by atoms with Crippen LogP contribution in [-0.2, 0) is 0 Å². The Bertz CT molecular complexity index is 905. The second kappa shape index (κ2) is 7.07. The van der Waals surface area contributed by atoms with Crippen molar-refractivity contribution in [3.8, 4) is 11.5 Å². The van der Waals surface area contributed by atoms with E-state index in [0.29, 0.717) is 6.54 Å². The number of aromatic nitrogens is 4. The molecule has 2 aromatic heterocycles. The van der Waals surface area contributed by atoms with Crippen LogP contribution in [0.2, 0.25) is 0 Å². The predicted molar refractivity (Wildman–Crippen MR) is 98.7 cm³/mol. The first-order valence-corrected chi connectivity index (χ1v) is 8.89. The largest absolute Gasteiger partial charge is 0.341 e. The van der Waals surface area contributed by atoms with Crippen molar-refractivity contribution in [3.63, 3.8) is 0 Å². The minimum Gasteiger partial charge on any atom is -0.341 e. The lowest BCUT2D eigenvalue weighted by molar-refractivity contribution is 0.0706. The average Bonchev–Trinajstić information content (AvgIpc) is 3.15. The monoisotopic (exact) mass is 347 g/mol. The van der Waals surface area contributed by atoms with Gasteiger partial charge < -0.3 is 9.88 Å². The van der Waals surface area contributed by atoms with Gasteiger partial charge in [-0.3, -0.25) is 9.78 Å². The van der Waals surface area contributed by atoms with E-state index < -0.39 is 0 Å². The molecular formula is C20H21N5O. The summed E-state index contributed by atoms with van der Waals surface area (Å²) < 4.78 is 0. The number of imidazole rings is 1. The summed E-state index contributed by atoms with van der Waals surface area (Å²) in [7, 11) is 0. The Labute approximate surface area is 152 Å². The van der Waals surface area contributed by atoms with Crippen LogP contribution in [0, 0.1) is 6.92 Å². The van der Waals surface area contributed by atoms with Crippen molar-refractivity contribution in [1.29, 1.82) is 0 Å². The number of carbonyl (C=O) groups is 1. The van der Waals surface area contributed by atoms with Crippen molar-refractivity contribution in [1.82, 2.24) is 24.8 Å². The van der Waals surface area contributed by atoms with E-state index in [2.05, 4.69) is 15.0 Å². The smallest absolute Gasteiger partial charge is 0.253 e. The quantitative estimate of drug-likeness (QED) is 0.789. The Hall–Kier alpha value is -3.02. The second-order valence-electron chi connectivity index (χ2n) is 6.70. The molecule has 4 rings (SSSR count). The SMILES string of the molecule is Cc1cnc(-c2cncc([C@@H]3CCCN(C(=O)c4ccccc4)C3)n2)[nH]1. The van der Waals surface area contributed by atoms with Crippen LogP contribution in [0.3, 0.4) is 0 Å². The van der Waals surface area contributed by atoms with Gasteiger partial charge in [-0.25, -0.2) is 9.97 Å². The molecule has 1 amide bonds. The van der Waals surface area contributed by atoms with Gasteiger partial charge in [-0.2, -0.15) is 0 Å². The molecule has 0 unspecified atom stereocenters. The zero-order valence-electron chi connectivity index (χ0n) is 14.7. The fourth-order valence-corrected chi connectivity index (χ4v) is 3.40. The first-order valence-electron chi connectivity index (χ1n) is 8.89. The third kappa shape index (κ3) is 3.35. The number of hydrogen-bond donors (Lipinski definition) is 1. The normalized spacial score (nSPS) is 17.3. The van der Waals surface area contributed by atoms with Gasteiger partial charge in [0, 0.05) is 42.7 Å². The van der Waals surface area contributed by atoms with Gasteiger partial charge in [-0.15, -0.1) is 0 Å². The maximum absolute atomic E-state index is 12.7. The van der Waals surface area contributed by atoms with Gasteiger partial charge in [0.2, 0.25) is 0 Å². The molecule has 0 bridgehead atoms. The molecule has 6 nitrogen and oxygen atoms in total. The number of H-pyrrole nitrogens is 1. The Morgan fingerprint density at radius 2 is 2.04 bits per heavy atom. The van der Waals surface area contributed by atoms with E-state index in [0.717, 1.165) is 47.9 Å². The Balaban J connectivity index is 1.54. The predicted octanol–water partition coefficient (Wildman–Crippen LogP) is 3.19. The number of hydrogen-bond acceptors (Lipinski definition) is 4. The third-order valence-corrected chi connectivity index (χ3v) is 4.75. The molecule has 3 aromatic rings.